The molecule has 3 aromatic heterocycles. The zero-order chi connectivity index (χ0) is 26.9. The first kappa shape index (κ1) is 27.9. The summed E-state index contributed by atoms with van der Waals surface area (Å²) < 4.78 is 0.992. The molecule has 5 atom stereocenters. The van der Waals surface area contributed by atoms with Gasteiger partial charge in [-0.2, -0.15) is 16.7 Å². The molecule has 0 bridgehead atoms. The molecule has 0 aliphatic heterocycles. The predicted molar refractivity (Wildman–Crippen MR) is 149 cm³/mol. The lowest BCUT2D eigenvalue weighted by molar-refractivity contribution is -0.0601. The largest absolute Gasteiger partial charge is 0.394 e. The maximum atomic E-state index is 10.8. The van der Waals surface area contributed by atoms with Gasteiger partial charge in [-0.1, -0.05) is 0 Å². The van der Waals surface area contributed by atoms with Crippen molar-refractivity contribution in [2.24, 2.45) is 5.92 Å². The summed E-state index contributed by atoms with van der Waals surface area (Å²) in [5, 5.41) is 49.2. The minimum absolute atomic E-state index is 0.0571. The van der Waals surface area contributed by atoms with Crippen molar-refractivity contribution >= 4 is 45.1 Å². The number of thiazole rings is 1. The van der Waals surface area contributed by atoms with Crippen LogP contribution in [0, 0.1) is 19.8 Å². The van der Waals surface area contributed by atoms with Gasteiger partial charge < -0.3 is 31.1 Å². The average molecular weight is 549 g/mol. The van der Waals surface area contributed by atoms with Gasteiger partial charge in [0.1, 0.15) is 22.4 Å². The van der Waals surface area contributed by atoms with Gasteiger partial charge in [0, 0.05) is 12.1 Å². The van der Waals surface area contributed by atoms with Crippen LogP contribution in [-0.4, -0.2) is 88.9 Å². The fourth-order valence-corrected chi connectivity index (χ4v) is 6.42. The van der Waals surface area contributed by atoms with Crippen molar-refractivity contribution in [1.29, 1.82) is 0 Å². The summed E-state index contributed by atoms with van der Waals surface area (Å²) in [6.07, 6.45) is 2.70. The number of pyridine rings is 1. The van der Waals surface area contributed by atoms with E-state index < -0.39 is 29.8 Å². The Morgan fingerprint density at radius 2 is 1.92 bits per heavy atom. The van der Waals surface area contributed by atoms with Crippen molar-refractivity contribution in [3.63, 3.8) is 0 Å². The number of hydrogen-bond donors (Lipinski definition) is 6. The molecule has 202 valence electrons. The summed E-state index contributed by atoms with van der Waals surface area (Å²) in [7, 11) is 0. The second kappa shape index (κ2) is 11.3. The van der Waals surface area contributed by atoms with Gasteiger partial charge in [0.05, 0.1) is 52.0 Å². The molecule has 1 aliphatic carbocycles. The fraction of sp³-hybridized carbons (Fsp3) is 0.600. The van der Waals surface area contributed by atoms with Crippen LogP contribution in [0.4, 0.5) is 11.8 Å². The standard InChI is InChI=1S/C25H36N6O4S2/c1-12-18(23-30-19-13(2)26-8-6-17(19)37-23)22(31-24(27-12)28-14(11-32)7-9-36-5)29-16-10-15(25(3,4)35)20(33)21(16)34/h6,8,14-16,20-21,32-35H,7,9-11H2,1-5H3,(H2,27,28,29,31)/t14-,15-,16+,20+,21-/m0/s1. The Morgan fingerprint density at radius 1 is 1.16 bits per heavy atom. The Bertz CT molecular complexity index is 1230. The first-order chi connectivity index (χ1) is 17.5. The van der Waals surface area contributed by atoms with Gasteiger partial charge in [-0.05, 0) is 58.6 Å². The summed E-state index contributed by atoms with van der Waals surface area (Å²) in [5.74, 6) is 1.19. The number of hydrogen-bond acceptors (Lipinski definition) is 12. The summed E-state index contributed by atoms with van der Waals surface area (Å²) >= 11 is 3.21. The van der Waals surface area contributed by atoms with E-state index >= 15 is 0 Å². The van der Waals surface area contributed by atoms with Gasteiger partial charge in [-0.3, -0.25) is 4.98 Å². The van der Waals surface area contributed by atoms with E-state index in [-0.39, 0.29) is 12.6 Å². The van der Waals surface area contributed by atoms with Crippen LogP contribution in [-0.2, 0) is 0 Å². The molecule has 0 saturated heterocycles. The quantitative estimate of drug-likeness (QED) is 0.221. The highest BCUT2D eigenvalue weighted by atomic mass is 32.2. The second-order valence-electron chi connectivity index (χ2n) is 10.2. The first-order valence-corrected chi connectivity index (χ1v) is 14.6. The van der Waals surface area contributed by atoms with E-state index in [1.54, 1.807) is 31.8 Å². The Morgan fingerprint density at radius 3 is 2.54 bits per heavy atom. The van der Waals surface area contributed by atoms with Crippen molar-refractivity contribution < 1.29 is 20.4 Å². The van der Waals surface area contributed by atoms with Gasteiger partial charge >= 0.3 is 0 Å². The second-order valence-corrected chi connectivity index (χ2v) is 12.2. The fourth-order valence-electron chi connectivity index (χ4n) is 4.79. The zero-order valence-corrected chi connectivity index (χ0v) is 23.4. The first-order valence-electron chi connectivity index (χ1n) is 12.4. The number of nitrogens with zero attached hydrogens (tertiary/aromatic N) is 4. The Kier molecular flexibility index (Phi) is 8.56. The summed E-state index contributed by atoms with van der Waals surface area (Å²) in [6.45, 7) is 7.01. The topological polar surface area (TPSA) is 157 Å². The Balaban J connectivity index is 1.75. The third kappa shape index (κ3) is 5.99. The molecule has 0 unspecified atom stereocenters. The summed E-state index contributed by atoms with van der Waals surface area (Å²) in [4.78, 5) is 18.6. The number of fused-ring (bicyclic) bond motifs is 1. The van der Waals surface area contributed by atoms with Crippen molar-refractivity contribution in [2.75, 3.05) is 29.2 Å². The molecule has 12 heteroatoms. The van der Waals surface area contributed by atoms with E-state index in [9.17, 15) is 20.4 Å². The van der Waals surface area contributed by atoms with Crippen LogP contribution in [0.15, 0.2) is 12.3 Å². The van der Waals surface area contributed by atoms with E-state index in [1.165, 1.54) is 11.3 Å². The molecule has 1 aliphatic rings. The molecule has 0 spiro atoms. The smallest absolute Gasteiger partial charge is 0.225 e. The molecule has 3 aromatic rings. The Labute approximate surface area is 225 Å². The van der Waals surface area contributed by atoms with Gasteiger partial charge in [-0.15, -0.1) is 11.3 Å². The van der Waals surface area contributed by atoms with Gasteiger partial charge in [0.15, 0.2) is 0 Å². The molecule has 4 rings (SSSR count). The van der Waals surface area contributed by atoms with Crippen molar-refractivity contribution in [3.8, 4) is 10.6 Å². The third-order valence-electron chi connectivity index (χ3n) is 6.93. The molecular weight excluding hydrogens is 512 g/mol. The van der Waals surface area contributed by atoms with E-state index in [1.807, 2.05) is 26.2 Å². The molecule has 37 heavy (non-hydrogen) atoms. The number of aryl methyl sites for hydroxylation is 2. The number of aliphatic hydroxyl groups is 4. The molecule has 1 saturated carbocycles. The summed E-state index contributed by atoms with van der Waals surface area (Å²) in [6, 6.07) is 1.17. The lowest BCUT2D eigenvalue weighted by Crippen LogP contribution is -2.40. The van der Waals surface area contributed by atoms with Crippen molar-refractivity contribution in [2.45, 2.75) is 70.4 Å². The highest BCUT2D eigenvalue weighted by Gasteiger charge is 2.48. The van der Waals surface area contributed by atoms with Crippen LogP contribution < -0.4 is 10.6 Å². The lowest BCUT2D eigenvalue weighted by Gasteiger charge is -2.28. The van der Waals surface area contributed by atoms with Crippen LogP contribution >= 0.6 is 23.1 Å². The molecule has 0 radical (unpaired) electrons. The van der Waals surface area contributed by atoms with E-state index in [0.717, 1.165) is 28.1 Å². The van der Waals surface area contributed by atoms with E-state index in [4.69, 9.17) is 9.97 Å². The summed E-state index contributed by atoms with van der Waals surface area (Å²) in [5.41, 5.74) is 1.86. The molecule has 0 amide bonds. The normalized spacial score (nSPS) is 22.9. The predicted octanol–water partition coefficient (Wildman–Crippen LogP) is 2.58. The maximum absolute atomic E-state index is 10.8. The van der Waals surface area contributed by atoms with Gasteiger partial charge in [0.2, 0.25) is 5.95 Å². The van der Waals surface area contributed by atoms with Crippen LogP contribution in [0.25, 0.3) is 20.8 Å². The number of aromatic nitrogens is 4. The minimum atomic E-state index is -1.16. The molecule has 0 aromatic carbocycles. The maximum Gasteiger partial charge on any atom is 0.225 e. The molecule has 3 heterocycles. The van der Waals surface area contributed by atoms with Crippen LogP contribution in [0.2, 0.25) is 0 Å². The number of nitrogens with one attached hydrogen (secondary N) is 2. The number of thioether (sulfide) groups is 1. The van der Waals surface area contributed by atoms with Crippen LogP contribution in [0.1, 0.15) is 38.1 Å². The van der Waals surface area contributed by atoms with Gasteiger partial charge in [0.25, 0.3) is 0 Å². The molecule has 6 N–H and O–H groups in total. The van der Waals surface area contributed by atoms with Crippen LogP contribution in [0.3, 0.4) is 0 Å². The van der Waals surface area contributed by atoms with Crippen molar-refractivity contribution in [3.05, 3.63) is 23.7 Å². The van der Waals surface area contributed by atoms with E-state index in [2.05, 4.69) is 20.6 Å². The Hall–Kier alpha value is -2.09. The third-order valence-corrected chi connectivity index (χ3v) is 8.61. The highest BCUT2D eigenvalue weighted by Crippen LogP contribution is 2.40. The zero-order valence-electron chi connectivity index (χ0n) is 21.8. The van der Waals surface area contributed by atoms with Gasteiger partial charge in [-0.25, -0.2) is 9.97 Å². The van der Waals surface area contributed by atoms with Crippen LogP contribution in [0.5, 0.6) is 0 Å². The number of rotatable bonds is 10. The monoisotopic (exact) mass is 548 g/mol. The van der Waals surface area contributed by atoms with E-state index in [0.29, 0.717) is 34.5 Å². The molecule has 10 nitrogen and oxygen atoms in total. The number of aliphatic hydroxyl groups excluding tert-OH is 3. The average Bonchev–Trinajstić information content (AvgIpc) is 3.39. The number of anilines is 2. The molecule has 1 fully saturated rings. The minimum Gasteiger partial charge on any atom is -0.394 e. The lowest BCUT2D eigenvalue weighted by atomic mass is 9.88. The van der Waals surface area contributed by atoms with Crippen molar-refractivity contribution in [1.82, 2.24) is 19.9 Å². The molecular formula is C25H36N6O4S2. The highest BCUT2D eigenvalue weighted by molar-refractivity contribution is 7.98. The SMILES string of the molecule is CSCC[C@@H](CO)Nc1nc(C)c(-c2nc3c(C)nccc3s2)c(N[C@@H]2C[C@H](C(C)(C)O)[C@@H](O)[C@H]2O)n1.